The van der Waals surface area contributed by atoms with Crippen LogP contribution >= 0.6 is 0 Å². The van der Waals surface area contributed by atoms with E-state index >= 15 is 0 Å². The molecule has 0 saturated carbocycles. The van der Waals surface area contributed by atoms with Crippen molar-refractivity contribution in [3.05, 3.63) is 83.4 Å². The number of allylic oxidation sites excluding steroid dienone is 2. The van der Waals surface area contributed by atoms with Gasteiger partial charge in [-0.3, -0.25) is 14.5 Å². The molecule has 2 aromatic rings. The zero-order valence-corrected chi connectivity index (χ0v) is 20.5. The molecule has 2 aliphatic heterocycles. The lowest BCUT2D eigenvalue weighted by Crippen LogP contribution is -3.28. The van der Waals surface area contributed by atoms with Crippen molar-refractivity contribution in [3.63, 3.8) is 0 Å². The number of carbonyl (C=O) groups is 2. The normalized spacial score (nSPS) is 26.2. The first kappa shape index (κ1) is 23.5. The first-order valence-corrected chi connectivity index (χ1v) is 12.9. The van der Waals surface area contributed by atoms with Crippen LogP contribution in [0.1, 0.15) is 36.9 Å². The summed E-state index contributed by atoms with van der Waals surface area (Å²) >= 11 is 0. The average Bonchev–Trinajstić information content (AvgIpc) is 3.13. The molecular formula is C30H35N3O2+2. The van der Waals surface area contributed by atoms with E-state index < -0.39 is 0 Å². The van der Waals surface area contributed by atoms with Crippen LogP contribution in [0.5, 0.6) is 0 Å². The molecular weight excluding hydrogens is 434 g/mol. The Balaban J connectivity index is 1.16. The van der Waals surface area contributed by atoms with Crippen molar-refractivity contribution in [2.45, 2.75) is 25.8 Å². The van der Waals surface area contributed by atoms with E-state index in [4.69, 9.17) is 0 Å². The fourth-order valence-corrected chi connectivity index (χ4v) is 5.93. The third-order valence-electron chi connectivity index (χ3n) is 7.89. The highest BCUT2D eigenvalue weighted by Crippen LogP contribution is 2.37. The highest BCUT2D eigenvalue weighted by atomic mass is 16.2. The first-order valence-electron chi connectivity index (χ1n) is 12.9. The van der Waals surface area contributed by atoms with E-state index in [-0.39, 0.29) is 30.2 Å². The van der Waals surface area contributed by atoms with Crippen LogP contribution in [0.3, 0.4) is 0 Å². The molecule has 2 atom stereocenters. The number of benzene rings is 2. The monoisotopic (exact) mass is 469 g/mol. The topological polar surface area (TPSA) is 46.3 Å². The van der Waals surface area contributed by atoms with E-state index in [0.717, 1.165) is 32.7 Å². The van der Waals surface area contributed by atoms with Crippen molar-refractivity contribution in [1.29, 1.82) is 0 Å². The first-order chi connectivity index (χ1) is 17.1. The third kappa shape index (κ3) is 5.10. The summed E-state index contributed by atoms with van der Waals surface area (Å²) in [6.45, 7) is 7.35. The summed E-state index contributed by atoms with van der Waals surface area (Å²) < 4.78 is 0. The van der Waals surface area contributed by atoms with Gasteiger partial charge in [-0.25, -0.2) is 0 Å². The van der Waals surface area contributed by atoms with Crippen molar-refractivity contribution >= 4 is 11.8 Å². The van der Waals surface area contributed by atoms with Gasteiger partial charge < -0.3 is 9.80 Å². The Labute approximate surface area is 208 Å². The predicted molar refractivity (Wildman–Crippen MR) is 135 cm³/mol. The molecule has 2 amide bonds. The Hall–Kier alpha value is -3.20. The molecule has 35 heavy (non-hydrogen) atoms. The standard InChI is InChI=1S/C30H33N3O2/c1-23-14-15-26-27(22-23)30(35)33(29(26)34)17-9-8-16-31-18-20-32(21-19-31)28(24-10-4-2-5-11-24)25-12-6-3-7-13-25/h2-7,10-14,26-28H,15-22H2,1H3/p+2/t26-,27-/m1/s1. The third-order valence-corrected chi connectivity index (χ3v) is 7.89. The van der Waals surface area contributed by atoms with Crippen LogP contribution in [0.4, 0.5) is 0 Å². The number of carbonyl (C=O) groups excluding carboxylic acids is 2. The van der Waals surface area contributed by atoms with Gasteiger partial charge in [0, 0.05) is 11.1 Å². The van der Waals surface area contributed by atoms with E-state index in [1.165, 1.54) is 26.5 Å². The zero-order valence-electron chi connectivity index (χ0n) is 20.5. The van der Waals surface area contributed by atoms with Gasteiger partial charge in [-0.1, -0.05) is 78.2 Å². The lowest BCUT2D eigenvalue weighted by molar-refractivity contribution is -1.02. The molecule has 0 aromatic heterocycles. The van der Waals surface area contributed by atoms with Gasteiger partial charge in [0.2, 0.25) is 11.8 Å². The van der Waals surface area contributed by atoms with Gasteiger partial charge in [-0.05, 0) is 25.7 Å². The van der Waals surface area contributed by atoms with Crippen LogP contribution in [0.25, 0.3) is 0 Å². The lowest BCUT2D eigenvalue weighted by atomic mass is 9.82. The number of amides is 2. The summed E-state index contributed by atoms with van der Waals surface area (Å²) in [5.41, 5.74) is 3.94. The van der Waals surface area contributed by atoms with Crippen molar-refractivity contribution in [2.75, 3.05) is 39.3 Å². The molecule has 5 rings (SSSR count). The fourth-order valence-electron chi connectivity index (χ4n) is 5.93. The van der Waals surface area contributed by atoms with Crippen LogP contribution in [-0.2, 0) is 9.59 Å². The van der Waals surface area contributed by atoms with Gasteiger partial charge >= 0.3 is 0 Å². The van der Waals surface area contributed by atoms with Gasteiger partial charge in [-0.15, -0.1) is 0 Å². The number of imide groups is 1. The van der Waals surface area contributed by atoms with Gasteiger partial charge in [0.1, 0.15) is 38.8 Å². The molecule has 5 nitrogen and oxygen atoms in total. The van der Waals surface area contributed by atoms with Crippen molar-refractivity contribution in [2.24, 2.45) is 11.8 Å². The molecule has 2 N–H and O–H groups in total. The van der Waals surface area contributed by atoms with Gasteiger partial charge in [-0.2, -0.15) is 0 Å². The second kappa shape index (κ2) is 10.6. The number of hydrogen-bond donors (Lipinski definition) is 2. The maximum atomic E-state index is 12.7. The minimum Gasteiger partial charge on any atom is -0.316 e. The van der Waals surface area contributed by atoms with E-state index in [9.17, 15) is 9.59 Å². The maximum Gasteiger partial charge on any atom is 0.234 e. The molecule has 0 bridgehead atoms. The number of fused-ring (bicyclic) bond motifs is 1. The minimum absolute atomic E-state index is 0.0285. The molecule has 0 spiro atoms. The Morgan fingerprint density at radius 1 is 0.857 bits per heavy atom. The Morgan fingerprint density at radius 2 is 1.46 bits per heavy atom. The van der Waals surface area contributed by atoms with Gasteiger partial charge in [0.15, 0.2) is 0 Å². The molecule has 2 saturated heterocycles. The summed E-state index contributed by atoms with van der Waals surface area (Å²) in [6.07, 6.45) is 3.50. The number of quaternary nitrogens is 2. The molecule has 5 heteroatoms. The van der Waals surface area contributed by atoms with E-state index in [0.29, 0.717) is 18.9 Å². The van der Waals surface area contributed by atoms with E-state index in [2.05, 4.69) is 78.6 Å². The molecule has 3 aliphatic rings. The quantitative estimate of drug-likeness (QED) is 0.389. The maximum absolute atomic E-state index is 12.7. The average molecular weight is 470 g/mol. The minimum atomic E-state index is -0.170. The predicted octanol–water partition coefficient (Wildman–Crippen LogP) is 0.904. The van der Waals surface area contributed by atoms with Crippen LogP contribution in [0.2, 0.25) is 0 Å². The molecule has 2 aromatic carbocycles. The summed E-state index contributed by atoms with van der Waals surface area (Å²) in [5, 5.41) is 0. The molecule has 180 valence electrons. The van der Waals surface area contributed by atoms with Crippen molar-refractivity contribution in [1.82, 2.24) is 4.90 Å². The number of likely N-dealkylation sites (tertiary alicyclic amines) is 1. The van der Waals surface area contributed by atoms with Gasteiger partial charge in [0.05, 0.1) is 18.4 Å². The van der Waals surface area contributed by atoms with Crippen LogP contribution in [0, 0.1) is 23.7 Å². The van der Waals surface area contributed by atoms with Gasteiger partial charge in [0.25, 0.3) is 0 Å². The number of hydrogen-bond acceptors (Lipinski definition) is 2. The Kier molecular flexibility index (Phi) is 7.13. The van der Waals surface area contributed by atoms with E-state index in [1.54, 1.807) is 4.90 Å². The van der Waals surface area contributed by atoms with Crippen molar-refractivity contribution < 1.29 is 19.4 Å². The smallest absolute Gasteiger partial charge is 0.234 e. The van der Waals surface area contributed by atoms with Crippen LogP contribution in [0.15, 0.2) is 72.3 Å². The Bertz CT molecular complexity index is 1100. The number of nitrogens with zero attached hydrogens (tertiary/aromatic N) is 1. The Morgan fingerprint density at radius 3 is 2.09 bits per heavy atom. The highest BCUT2D eigenvalue weighted by Gasteiger charge is 2.47. The second-order valence-electron chi connectivity index (χ2n) is 10.2. The summed E-state index contributed by atoms with van der Waals surface area (Å²) in [4.78, 5) is 29.9. The van der Waals surface area contributed by atoms with E-state index in [1.807, 2.05) is 6.92 Å². The molecule has 1 aliphatic carbocycles. The summed E-state index contributed by atoms with van der Waals surface area (Å²) in [6, 6.07) is 22.0. The molecule has 0 unspecified atom stereocenters. The molecule has 2 heterocycles. The SMILES string of the molecule is CC1=CC[C@H]2C(=O)N(CC#CC[NH+]3CC[NH+](C(c4ccccc4)c4ccccc4)CC3)C(=O)[C@@H]2C1. The molecule has 0 radical (unpaired) electrons. The lowest BCUT2D eigenvalue weighted by Gasteiger charge is -2.34. The highest BCUT2D eigenvalue weighted by molar-refractivity contribution is 6.05. The number of nitrogens with one attached hydrogen (secondary N) is 2. The van der Waals surface area contributed by atoms with Crippen LogP contribution < -0.4 is 9.80 Å². The fraction of sp³-hybridized carbons (Fsp3) is 0.400. The number of piperazine rings is 1. The van der Waals surface area contributed by atoms with Crippen molar-refractivity contribution in [3.8, 4) is 11.8 Å². The van der Waals surface area contributed by atoms with Crippen LogP contribution in [-0.4, -0.2) is 56.0 Å². The molecule has 2 fully saturated rings. The largest absolute Gasteiger partial charge is 0.316 e. The number of rotatable bonds is 5. The summed E-state index contributed by atoms with van der Waals surface area (Å²) in [7, 11) is 0. The zero-order chi connectivity index (χ0) is 24.2. The second-order valence-corrected chi connectivity index (χ2v) is 10.2. The summed E-state index contributed by atoms with van der Waals surface area (Å²) in [5.74, 6) is 6.00.